The van der Waals surface area contributed by atoms with Crippen LogP contribution in [0.2, 0.25) is 0 Å². The first kappa shape index (κ1) is 15.7. The van der Waals surface area contributed by atoms with Gasteiger partial charge in [0.2, 0.25) is 0 Å². The summed E-state index contributed by atoms with van der Waals surface area (Å²) >= 11 is 0. The summed E-state index contributed by atoms with van der Waals surface area (Å²) < 4.78 is 13.2. The van der Waals surface area contributed by atoms with E-state index in [1.54, 1.807) is 12.1 Å². The highest BCUT2D eigenvalue weighted by Crippen LogP contribution is 2.19. The molecule has 2 nitrogen and oxygen atoms in total. The van der Waals surface area contributed by atoms with Crippen LogP contribution in [0.4, 0.5) is 4.39 Å². The quantitative estimate of drug-likeness (QED) is 0.802. The van der Waals surface area contributed by atoms with Crippen molar-refractivity contribution < 1.29 is 14.4 Å². The third-order valence-corrected chi connectivity index (χ3v) is 3.69. The molecule has 2 rings (SSSR count). The zero-order chi connectivity index (χ0) is 15.2. The number of hydrogen-bond donors (Lipinski definition) is 2. The van der Waals surface area contributed by atoms with Crippen LogP contribution in [0.15, 0.2) is 48.5 Å². The minimum atomic E-state index is -1.49. The number of hydrogen-bond acceptors (Lipinski definition) is 2. The van der Waals surface area contributed by atoms with Crippen molar-refractivity contribution in [2.75, 3.05) is 0 Å². The summed E-state index contributed by atoms with van der Waals surface area (Å²) in [5.41, 5.74) is 3.31. The Hall–Kier alpha value is -1.65. The molecule has 1 atom stereocenters. The van der Waals surface area contributed by atoms with E-state index in [1.165, 1.54) is 0 Å². The molecular formula is C17H20BFO2. The number of alkyl halides is 1. The molecule has 1 unspecified atom stereocenters. The highest BCUT2D eigenvalue weighted by atomic mass is 19.1. The Balaban J connectivity index is 2.16. The molecule has 2 N–H and O–H groups in total. The molecule has 0 saturated carbocycles. The Labute approximate surface area is 125 Å². The first-order valence-corrected chi connectivity index (χ1v) is 7.30. The second kappa shape index (κ2) is 7.39. The van der Waals surface area contributed by atoms with Crippen molar-refractivity contribution in [3.63, 3.8) is 0 Å². The second-order valence-corrected chi connectivity index (χ2v) is 5.20. The molecule has 0 aromatic heterocycles. The van der Waals surface area contributed by atoms with Crippen LogP contribution in [0, 0.1) is 0 Å². The van der Waals surface area contributed by atoms with Gasteiger partial charge in [-0.15, -0.1) is 0 Å². The van der Waals surface area contributed by atoms with Gasteiger partial charge < -0.3 is 10.0 Å². The molecular weight excluding hydrogens is 266 g/mol. The van der Waals surface area contributed by atoms with Crippen molar-refractivity contribution in [1.29, 1.82) is 0 Å². The van der Waals surface area contributed by atoms with E-state index < -0.39 is 13.3 Å². The fourth-order valence-electron chi connectivity index (χ4n) is 2.36. The van der Waals surface area contributed by atoms with E-state index in [0.29, 0.717) is 18.3 Å². The summed E-state index contributed by atoms with van der Waals surface area (Å²) in [7, 11) is -1.49. The molecule has 2 aromatic rings. The lowest BCUT2D eigenvalue weighted by atomic mass is 9.75. The molecule has 0 spiro atoms. The van der Waals surface area contributed by atoms with Gasteiger partial charge in [-0.1, -0.05) is 55.5 Å². The molecule has 0 heterocycles. The van der Waals surface area contributed by atoms with Gasteiger partial charge in [-0.3, -0.25) is 0 Å². The van der Waals surface area contributed by atoms with Gasteiger partial charge in [0.05, 0.1) is 0 Å². The van der Waals surface area contributed by atoms with E-state index in [4.69, 9.17) is 0 Å². The van der Waals surface area contributed by atoms with Gasteiger partial charge in [0.1, 0.15) is 6.17 Å². The summed E-state index contributed by atoms with van der Waals surface area (Å²) in [6.45, 7) is 1.85. The van der Waals surface area contributed by atoms with E-state index >= 15 is 0 Å². The Kier molecular flexibility index (Phi) is 5.54. The Morgan fingerprint density at radius 1 is 1.05 bits per heavy atom. The van der Waals surface area contributed by atoms with Gasteiger partial charge >= 0.3 is 7.12 Å². The molecule has 110 valence electrons. The number of rotatable bonds is 6. The SMILES string of the molecule is CCC(F)CCc1ccc(-c2ccccc2B(O)O)cc1. The minimum absolute atomic E-state index is 0.486. The molecule has 0 fully saturated rings. The first-order valence-electron chi connectivity index (χ1n) is 7.30. The third kappa shape index (κ3) is 4.16. The molecule has 0 aliphatic rings. The maximum Gasteiger partial charge on any atom is 0.489 e. The molecule has 0 saturated heterocycles. The molecule has 0 aliphatic heterocycles. The van der Waals surface area contributed by atoms with Crippen LogP contribution in [0.1, 0.15) is 25.3 Å². The minimum Gasteiger partial charge on any atom is -0.423 e. The van der Waals surface area contributed by atoms with Crippen LogP contribution in [0.3, 0.4) is 0 Å². The second-order valence-electron chi connectivity index (χ2n) is 5.20. The zero-order valence-electron chi connectivity index (χ0n) is 12.2. The molecule has 0 aliphatic carbocycles. The summed E-state index contributed by atoms with van der Waals surface area (Å²) in [5.74, 6) is 0. The fourth-order valence-corrected chi connectivity index (χ4v) is 2.36. The first-order chi connectivity index (χ1) is 10.1. The monoisotopic (exact) mass is 286 g/mol. The topological polar surface area (TPSA) is 40.5 Å². The van der Waals surface area contributed by atoms with Crippen LogP contribution < -0.4 is 5.46 Å². The van der Waals surface area contributed by atoms with Crippen molar-refractivity contribution in [2.45, 2.75) is 32.4 Å². The van der Waals surface area contributed by atoms with Crippen molar-refractivity contribution in [2.24, 2.45) is 0 Å². The van der Waals surface area contributed by atoms with Crippen molar-refractivity contribution in [1.82, 2.24) is 0 Å². The van der Waals surface area contributed by atoms with E-state index in [9.17, 15) is 14.4 Å². The van der Waals surface area contributed by atoms with Crippen LogP contribution in [0.5, 0.6) is 0 Å². The number of aryl methyl sites for hydroxylation is 1. The molecule has 2 aromatic carbocycles. The highest BCUT2D eigenvalue weighted by molar-refractivity contribution is 6.60. The summed E-state index contributed by atoms with van der Waals surface area (Å²) in [6, 6.07) is 15.0. The van der Waals surface area contributed by atoms with Crippen molar-refractivity contribution in [3.8, 4) is 11.1 Å². The number of benzene rings is 2. The molecule has 0 bridgehead atoms. The molecule has 21 heavy (non-hydrogen) atoms. The lowest BCUT2D eigenvalue weighted by Crippen LogP contribution is -2.31. The lowest BCUT2D eigenvalue weighted by Gasteiger charge is -2.10. The van der Waals surface area contributed by atoms with Crippen LogP contribution >= 0.6 is 0 Å². The van der Waals surface area contributed by atoms with Gasteiger partial charge in [0.25, 0.3) is 0 Å². The predicted octanol–water partition coefficient (Wildman–Crippen LogP) is 2.71. The standard InChI is InChI=1S/C17H20BFO2/c1-2-15(19)12-9-13-7-10-14(11-8-13)16-5-3-4-6-17(16)18(20)21/h3-8,10-11,15,20-21H,2,9,12H2,1H3. The van der Waals surface area contributed by atoms with E-state index in [2.05, 4.69) is 0 Å². The Morgan fingerprint density at radius 2 is 1.71 bits per heavy atom. The van der Waals surface area contributed by atoms with Gasteiger partial charge in [0, 0.05) is 0 Å². The predicted molar refractivity (Wildman–Crippen MR) is 85.2 cm³/mol. The summed E-state index contributed by atoms with van der Waals surface area (Å²) in [4.78, 5) is 0. The summed E-state index contributed by atoms with van der Waals surface area (Å²) in [5, 5.41) is 18.8. The van der Waals surface area contributed by atoms with Gasteiger partial charge in [-0.2, -0.15) is 0 Å². The molecule has 4 heteroatoms. The molecule has 0 radical (unpaired) electrons. The lowest BCUT2D eigenvalue weighted by molar-refractivity contribution is 0.306. The Bertz CT molecular complexity index is 569. The van der Waals surface area contributed by atoms with E-state index in [-0.39, 0.29) is 0 Å². The zero-order valence-corrected chi connectivity index (χ0v) is 12.2. The smallest absolute Gasteiger partial charge is 0.423 e. The summed E-state index contributed by atoms with van der Waals surface area (Å²) in [6.07, 6.45) is 1.08. The Morgan fingerprint density at radius 3 is 2.33 bits per heavy atom. The maximum absolute atomic E-state index is 13.2. The third-order valence-electron chi connectivity index (χ3n) is 3.69. The van der Waals surface area contributed by atoms with E-state index in [1.807, 2.05) is 43.3 Å². The van der Waals surface area contributed by atoms with Crippen LogP contribution in [0.25, 0.3) is 11.1 Å². The van der Waals surface area contributed by atoms with Crippen LogP contribution in [-0.4, -0.2) is 23.3 Å². The maximum atomic E-state index is 13.2. The highest BCUT2D eigenvalue weighted by Gasteiger charge is 2.16. The van der Waals surface area contributed by atoms with Crippen molar-refractivity contribution in [3.05, 3.63) is 54.1 Å². The fraction of sp³-hybridized carbons (Fsp3) is 0.294. The van der Waals surface area contributed by atoms with Gasteiger partial charge in [-0.05, 0) is 41.4 Å². The van der Waals surface area contributed by atoms with Crippen LogP contribution in [-0.2, 0) is 6.42 Å². The normalized spacial score (nSPS) is 12.2. The average molecular weight is 286 g/mol. The average Bonchev–Trinajstić information content (AvgIpc) is 2.53. The van der Waals surface area contributed by atoms with E-state index in [0.717, 1.165) is 23.1 Å². The molecule has 0 amide bonds. The van der Waals surface area contributed by atoms with Gasteiger partial charge in [-0.25, -0.2) is 4.39 Å². The largest absolute Gasteiger partial charge is 0.489 e. The van der Waals surface area contributed by atoms with Crippen molar-refractivity contribution >= 4 is 12.6 Å². The number of halogens is 1. The van der Waals surface area contributed by atoms with Gasteiger partial charge in [0.15, 0.2) is 0 Å².